The first-order valence-corrected chi connectivity index (χ1v) is 10.4. The summed E-state index contributed by atoms with van der Waals surface area (Å²) in [6.45, 7) is 4.30. The Morgan fingerprint density at radius 1 is 1.07 bits per heavy atom. The zero-order valence-corrected chi connectivity index (χ0v) is 17.1. The van der Waals surface area contributed by atoms with Gasteiger partial charge in [0.15, 0.2) is 0 Å². The van der Waals surface area contributed by atoms with Crippen LogP contribution in [0.2, 0.25) is 0 Å². The molecule has 6 heteroatoms. The van der Waals surface area contributed by atoms with Crippen molar-refractivity contribution < 1.29 is 18.7 Å². The van der Waals surface area contributed by atoms with Crippen molar-refractivity contribution in [3.05, 3.63) is 60.1 Å². The Bertz CT molecular complexity index is 754. The summed E-state index contributed by atoms with van der Waals surface area (Å²) < 4.78 is 11.2. The molecular weight excluding hydrogens is 368 g/mol. The number of ether oxygens (including phenoxy) is 1. The SMILES string of the molecule is CCCN(CC(=O)N(Cc1ccco1)CC1CCCO1)C(=O)Cc1ccccc1. The second kappa shape index (κ2) is 10.8. The standard InChI is InChI=1S/C23H30N2O4/c1-2-12-24(22(26)15-19-8-4-3-5-9-19)18-23(27)25(16-20-10-6-13-28-20)17-21-11-7-14-29-21/h3-6,8-10,13,21H,2,7,11-12,14-18H2,1H3. The van der Waals surface area contributed by atoms with E-state index in [9.17, 15) is 9.59 Å². The summed E-state index contributed by atoms with van der Waals surface area (Å²) in [4.78, 5) is 29.4. The number of benzene rings is 1. The van der Waals surface area contributed by atoms with Crippen molar-refractivity contribution >= 4 is 11.8 Å². The molecule has 156 valence electrons. The highest BCUT2D eigenvalue weighted by molar-refractivity contribution is 5.86. The third kappa shape index (κ3) is 6.46. The van der Waals surface area contributed by atoms with Crippen LogP contribution in [0.4, 0.5) is 0 Å². The highest BCUT2D eigenvalue weighted by Crippen LogP contribution is 2.16. The van der Waals surface area contributed by atoms with Gasteiger partial charge in [-0.3, -0.25) is 9.59 Å². The number of carbonyl (C=O) groups excluding carboxylic acids is 2. The zero-order chi connectivity index (χ0) is 20.5. The third-order valence-corrected chi connectivity index (χ3v) is 5.10. The van der Waals surface area contributed by atoms with E-state index >= 15 is 0 Å². The molecular formula is C23H30N2O4. The molecule has 1 aliphatic rings. The smallest absolute Gasteiger partial charge is 0.242 e. The predicted octanol–water partition coefficient (Wildman–Crippen LogP) is 3.27. The van der Waals surface area contributed by atoms with Crippen LogP contribution in [0.5, 0.6) is 0 Å². The normalized spacial score (nSPS) is 16.0. The van der Waals surface area contributed by atoms with Gasteiger partial charge < -0.3 is 19.0 Å². The average Bonchev–Trinajstić information content (AvgIpc) is 3.42. The fourth-order valence-electron chi connectivity index (χ4n) is 3.59. The van der Waals surface area contributed by atoms with Crippen LogP contribution in [-0.2, 0) is 27.3 Å². The fraction of sp³-hybridized carbons (Fsp3) is 0.478. The molecule has 0 spiro atoms. The monoisotopic (exact) mass is 398 g/mol. The Labute approximate surface area is 172 Å². The van der Waals surface area contributed by atoms with E-state index in [1.54, 1.807) is 16.1 Å². The van der Waals surface area contributed by atoms with Crippen molar-refractivity contribution in [2.24, 2.45) is 0 Å². The van der Waals surface area contributed by atoms with Crippen molar-refractivity contribution in [2.45, 2.75) is 45.3 Å². The van der Waals surface area contributed by atoms with Crippen LogP contribution in [0.15, 0.2) is 53.1 Å². The summed E-state index contributed by atoms with van der Waals surface area (Å²) >= 11 is 0. The molecule has 1 aliphatic heterocycles. The van der Waals surface area contributed by atoms with Crippen LogP contribution in [0.25, 0.3) is 0 Å². The Kier molecular flexibility index (Phi) is 7.87. The van der Waals surface area contributed by atoms with E-state index in [4.69, 9.17) is 9.15 Å². The van der Waals surface area contributed by atoms with Crippen LogP contribution in [0, 0.1) is 0 Å². The summed E-state index contributed by atoms with van der Waals surface area (Å²) in [5.41, 5.74) is 0.956. The minimum atomic E-state index is -0.0771. The van der Waals surface area contributed by atoms with Gasteiger partial charge in [0.25, 0.3) is 0 Å². The minimum absolute atomic E-state index is 0.0264. The minimum Gasteiger partial charge on any atom is -0.467 e. The summed E-state index contributed by atoms with van der Waals surface area (Å²) in [5.74, 6) is 0.627. The highest BCUT2D eigenvalue weighted by atomic mass is 16.5. The zero-order valence-electron chi connectivity index (χ0n) is 17.1. The number of hydrogen-bond acceptors (Lipinski definition) is 4. The fourth-order valence-corrected chi connectivity index (χ4v) is 3.59. The van der Waals surface area contributed by atoms with Crippen LogP contribution in [-0.4, -0.2) is 54.0 Å². The number of rotatable bonds is 10. The molecule has 1 aromatic heterocycles. The lowest BCUT2D eigenvalue weighted by Crippen LogP contribution is -2.45. The maximum Gasteiger partial charge on any atom is 0.242 e. The van der Waals surface area contributed by atoms with Crippen LogP contribution in [0.3, 0.4) is 0 Å². The molecule has 0 aliphatic carbocycles. The average molecular weight is 399 g/mol. The molecule has 29 heavy (non-hydrogen) atoms. The van der Waals surface area contributed by atoms with Gasteiger partial charge in [0.2, 0.25) is 11.8 Å². The summed E-state index contributed by atoms with van der Waals surface area (Å²) in [6, 6.07) is 13.3. The molecule has 0 radical (unpaired) electrons. The molecule has 2 heterocycles. The van der Waals surface area contributed by atoms with Gasteiger partial charge in [-0.1, -0.05) is 37.3 Å². The van der Waals surface area contributed by atoms with Crippen LogP contribution >= 0.6 is 0 Å². The summed E-state index contributed by atoms with van der Waals surface area (Å²) in [6.07, 6.45) is 4.74. The van der Waals surface area contributed by atoms with Crippen molar-refractivity contribution in [3.63, 3.8) is 0 Å². The van der Waals surface area contributed by atoms with Crippen molar-refractivity contribution in [1.82, 2.24) is 9.80 Å². The first-order chi connectivity index (χ1) is 14.2. The van der Waals surface area contributed by atoms with Gasteiger partial charge in [0.05, 0.1) is 31.9 Å². The second-order valence-corrected chi connectivity index (χ2v) is 7.47. The molecule has 1 fully saturated rings. The molecule has 3 rings (SSSR count). The number of hydrogen-bond donors (Lipinski definition) is 0. The van der Waals surface area contributed by atoms with Gasteiger partial charge in [-0.2, -0.15) is 0 Å². The lowest BCUT2D eigenvalue weighted by Gasteiger charge is -2.28. The lowest BCUT2D eigenvalue weighted by molar-refractivity contribution is -0.141. The highest BCUT2D eigenvalue weighted by Gasteiger charge is 2.26. The molecule has 2 amide bonds. The Hall–Kier alpha value is -2.60. The molecule has 0 bridgehead atoms. The van der Waals surface area contributed by atoms with Crippen LogP contribution in [0.1, 0.15) is 37.5 Å². The van der Waals surface area contributed by atoms with E-state index in [1.807, 2.05) is 49.4 Å². The van der Waals surface area contributed by atoms with Gasteiger partial charge in [-0.25, -0.2) is 0 Å². The first kappa shape index (κ1) is 21.1. The van der Waals surface area contributed by atoms with E-state index in [-0.39, 0.29) is 24.5 Å². The number of amides is 2. The van der Waals surface area contributed by atoms with E-state index in [2.05, 4.69) is 0 Å². The molecule has 1 saturated heterocycles. The topological polar surface area (TPSA) is 63.0 Å². The maximum absolute atomic E-state index is 13.1. The summed E-state index contributed by atoms with van der Waals surface area (Å²) in [7, 11) is 0. The number of furan rings is 1. The predicted molar refractivity (Wildman–Crippen MR) is 110 cm³/mol. The Balaban J connectivity index is 1.65. The van der Waals surface area contributed by atoms with E-state index in [0.717, 1.165) is 37.2 Å². The second-order valence-electron chi connectivity index (χ2n) is 7.47. The van der Waals surface area contributed by atoms with Gasteiger partial charge in [0, 0.05) is 19.7 Å². The lowest BCUT2D eigenvalue weighted by atomic mass is 10.1. The number of carbonyl (C=O) groups is 2. The van der Waals surface area contributed by atoms with Gasteiger partial charge in [-0.05, 0) is 37.0 Å². The van der Waals surface area contributed by atoms with E-state index in [1.165, 1.54) is 0 Å². The van der Waals surface area contributed by atoms with Gasteiger partial charge >= 0.3 is 0 Å². The van der Waals surface area contributed by atoms with Crippen molar-refractivity contribution in [2.75, 3.05) is 26.2 Å². The quantitative estimate of drug-likeness (QED) is 0.616. The molecule has 1 unspecified atom stereocenters. The Morgan fingerprint density at radius 3 is 2.55 bits per heavy atom. The molecule has 6 nitrogen and oxygen atoms in total. The Morgan fingerprint density at radius 2 is 1.90 bits per heavy atom. The third-order valence-electron chi connectivity index (χ3n) is 5.10. The van der Waals surface area contributed by atoms with E-state index < -0.39 is 0 Å². The summed E-state index contributed by atoms with van der Waals surface area (Å²) in [5, 5.41) is 0. The van der Waals surface area contributed by atoms with Gasteiger partial charge in [-0.15, -0.1) is 0 Å². The molecule has 0 N–H and O–H groups in total. The van der Waals surface area contributed by atoms with Crippen molar-refractivity contribution in [3.8, 4) is 0 Å². The van der Waals surface area contributed by atoms with E-state index in [0.29, 0.717) is 26.1 Å². The van der Waals surface area contributed by atoms with Crippen LogP contribution < -0.4 is 0 Å². The molecule has 2 aromatic rings. The van der Waals surface area contributed by atoms with Gasteiger partial charge in [0.1, 0.15) is 5.76 Å². The molecule has 0 saturated carbocycles. The molecule has 1 aromatic carbocycles. The maximum atomic E-state index is 13.1. The largest absolute Gasteiger partial charge is 0.467 e. The number of nitrogens with zero attached hydrogens (tertiary/aromatic N) is 2. The first-order valence-electron chi connectivity index (χ1n) is 10.4. The van der Waals surface area contributed by atoms with Crippen molar-refractivity contribution in [1.29, 1.82) is 0 Å². The molecule has 1 atom stereocenters.